The van der Waals surface area contributed by atoms with Crippen molar-refractivity contribution in [1.82, 2.24) is 10.3 Å². The standard InChI is InChI=1S/C10H14N4O3/c15-14(16)10-2-1-8(5-13-10)12-7-9-6-11-3-4-17-9/h1-2,5,9,11-12H,3-4,6-7H2. The second-order valence-electron chi connectivity index (χ2n) is 3.74. The summed E-state index contributed by atoms with van der Waals surface area (Å²) in [5.74, 6) is -0.147. The molecule has 0 radical (unpaired) electrons. The highest BCUT2D eigenvalue weighted by Gasteiger charge is 2.13. The molecule has 1 fully saturated rings. The highest BCUT2D eigenvalue weighted by molar-refractivity contribution is 5.43. The van der Waals surface area contributed by atoms with E-state index in [2.05, 4.69) is 15.6 Å². The second-order valence-corrected chi connectivity index (χ2v) is 3.74. The minimum atomic E-state index is -0.516. The third kappa shape index (κ3) is 3.36. The Balaban J connectivity index is 1.84. The van der Waals surface area contributed by atoms with Gasteiger partial charge in [-0.05, 0) is 16.0 Å². The third-order valence-corrected chi connectivity index (χ3v) is 2.47. The molecule has 92 valence electrons. The van der Waals surface area contributed by atoms with E-state index in [0.717, 1.165) is 18.8 Å². The number of rotatable bonds is 4. The summed E-state index contributed by atoms with van der Waals surface area (Å²) >= 11 is 0. The zero-order valence-electron chi connectivity index (χ0n) is 9.26. The van der Waals surface area contributed by atoms with Crippen molar-refractivity contribution in [3.63, 3.8) is 0 Å². The Labute approximate surface area is 98.3 Å². The molecule has 0 aromatic carbocycles. The van der Waals surface area contributed by atoms with E-state index in [1.54, 1.807) is 6.07 Å². The molecule has 0 spiro atoms. The molecule has 0 saturated carbocycles. The number of anilines is 1. The van der Waals surface area contributed by atoms with Crippen LogP contribution < -0.4 is 10.6 Å². The summed E-state index contributed by atoms with van der Waals surface area (Å²) in [6.07, 6.45) is 1.58. The first-order valence-electron chi connectivity index (χ1n) is 5.42. The van der Waals surface area contributed by atoms with Gasteiger partial charge in [0, 0.05) is 25.7 Å². The molecule has 1 saturated heterocycles. The first-order valence-corrected chi connectivity index (χ1v) is 5.42. The molecule has 7 nitrogen and oxygen atoms in total. The summed E-state index contributed by atoms with van der Waals surface area (Å²) in [5, 5.41) is 16.8. The number of aromatic nitrogens is 1. The maximum Gasteiger partial charge on any atom is 0.363 e. The number of morpholine rings is 1. The van der Waals surface area contributed by atoms with Crippen molar-refractivity contribution in [3.05, 3.63) is 28.4 Å². The Hall–Kier alpha value is -1.73. The normalized spacial score (nSPS) is 19.9. The molecule has 1 aliphatic heterocycles. The number of hydrogen-bond donors (Lipinski definition) is 2. The fourth-order valence-corrected chi connectivity index (χ4v) is 1.58. The molecule has 2 N–H and O–H groups in total. The molecule has 0 bridgehead atoms. The summed E-state index contributed by atoms with van der Waals surface area (Å²) in [4.78, 5) is 13.6. The Morgan fingerprint density at radius 3 is 3.12 bits per heavy atom. The molecule has 7 heteroatoms. The van der Waals surface area contributed by atoms with Gasteiger partial charge in [-0.15, -0.1) is 0 Å². The lowest BCUT2D eigenvalue weighted by molar-refractivity contribution is -0.389. The van der Waals surface area contributed by atoms with Crippen LogP contribution in [0.25, 0.3) is 0 Å². The number of nitrogens with one attached hydrogen (secondary N) is 2. The first kappa shape index (κ1) is 11.7. The fourth-order valence-electron chi connectivity index (χ4n) is 1.58. The Bertz CT molecular complexity index is 376. The van der Waals surface area contributed by atoms with Crippen LogP contribution in [0.3, 0.4) is 0 Å². The molecule has 1 unspecified atom stereocenters. The predicted octanol–water partition coefficient (Wildman–Crippen LogP) is 0.390. The lowest BCUT2D eigenvalue weighted by atomic mass is 10.3. The molecule has 1 aromatic heterocycles. The van der Waals surface area contributed by atoms with Gasteiger partial charge in [-0.2, -0.15) is 0 Å². The highest BCUT2D eigenvalue weighted by atomic mass is 16.6. The van der Waals surface area contributed by atoms with E-state index >= 15 is 0 Å². The van der Waals surface area contributed by atoms with Gasteiger partial charge in [-0.1, -0.05) is 0 Å². The minimum absolute atomic E-state index is 0.124. The number of ether oxygens (including phenoxy) is 1. The van der Waals surface area contributed by atoms with Gasteiger partial charge in [-0.25, -0.2) is 0 Å². The molecule has 1 aliphatic rings. The van der Waals surface area contributed by atoms with Crippen molar-refractivity contribution < 1.29 is 9.66 Å². The molecule has 1 aromatic rings. The van der Waals surface area contributed by atoms with E-state index in [9.17, 15) is 10.1 Å². The quantitative estimate of drug-likeness (QED) is 0.582. The SMILES string of the molecule is O=[N+]([O-])c1ccc(NCC2CNCCO2)cn1. The molecular formula is C10H14N4O3. The topological polar surface area (TPSA) is 89.3 Å². The van der Waals surface area contributed by atoms with E-state index in [-0.39, 0.29) is 11.9 Å². The molecular weight excluding hydrogens is 224 g/mol. The van der Waals surface area contributed by atoms with Crippen LogP contribution in [0.4, 0.5) is 11.5 Å². The Morgan fingerprint density at radius 1 is 1.65 bits per heavy atom. The van der Waals surface area contributed by atoms with Gasteiger partial charge in [0.25, 0.3) is 0 Å². The zero-order chi connectivity index (χ0) is 12.1. The van der Waals surface area contributed by atoms with E-state index in [1.807, 2.05) is 0 Å². The smallest absolute Gasteiger partial charge is 0.363 e. The lowest BCUT2D eigenvalue weighted by Gasteiger charge is -2.23. The second kappa shape index (κ2) is 5.55. The third-order valence-electron chi connectivity index (χ3n) is 2.47. The van der Waals surface area contributed by atoms with Crippen LogP contribution in [0.2, 0.25) is 0 Å². The fraction of sp³-hybridized carbons (Fsp3) is 0.500. The van der Waals surface area contributed by atoms with Crippen LogP contribution in [-0.4, -0.2) is 42.3 Å². The number of nitrogens with zero attached hydrogens (tertiary/aromatic N) is 2. The van der Waals surface area contributed by atoms with Crippen LogP contribution in [0.1, 0.15) is 0 Å². The van der Waals surface area contributed by atoms with E-state index < -0.39 is 4.92 Å². The Kier molecular flexibility index (Phi) is 3.84. The summed E-state index contributed by atoms with van der Waals surface area (Å²) in [6, 6.07) is 3.02. The summed E-state index contributed by atoms with van der Waals surface area (Å²) < 4.78 is 5.51. The van der Waals surface area contributed by atoms with E-state index in [4.69, 9.17) is 4.74 Å². The average Bonchev–Trinajstić information content (AvgIpc) is 2.38. The molecule has 2 heterocycles. The zero-order valence-corrected chi connectivity index (χ0v) is 9.26. The largest absolute Gasteiger partial charge is 0.379 e. The summed E-state index contributed by atoms with van der Waals surface area (Å²) in [6.45, 7) is 3.07. The van der Waals surface area contributed by atoms with Crippen LogP contribution in [0.15, 0.2) is 18.3 Å². The van der Waals surface area contributed by atoms with Crippen molar-refractivity contribution in [1.29, 1.82) is 0 Å². The number of nitro groups is 1. The number of pyridine rings is 1. The molecule has 0 aliphatic carbocycles. The minimum Gasteiger partial charge on any atom is -0.379 e. The van der Waals surface area contributed by atoms with Crippen LogP contribution >= 0.6 is 0 Å². The summed E-state index contributed by atoms with van der Waals surface area (Å²) in [5.41, 5.74) is 0.754. The monoisotopic (exact) mass is 238 g/mol. The molecule has 1 atom stereocenters. The average molecular weight is 238 g/mol. The van der Waals surface area contributed by atoms with Gasteiger partial charge in [0.05, 0.1) is 18.4 Å². The van der Waals surface area contributed by atoms with E-state index in [0.29, 0.717) is 13.2 Å². The van der Waals surface area contributed by atoms with Gasteiger partial charge in [-0.3, -0.25) is 0 Å². The maximum atomic E-state index is 10.4. The van der Waals surface area contributed by atoms with Gasteiger partial charge in [0.2, 0.25) is 0 Å². The highest BCUT2D eigenvalue weighted by Crippen LogP contribution is 2.11. The van der Waals surface area contributed by atoms with Crippen molar-refractivity contribution >= 4 is 11.5 Å². The van der Waals surface area contributed by atoms with Crippen LogP contribution in [-0.2, 0) is 4.74 Å². The molecule has 17 heavy (non-hydrogen) atoms. The predicted molar refractivity (Wildman–Crippen MR) is 62.0 cm³/mol. The molecule has 2 rings (SSSR count). The molecule has 0 amide bonds. The lowest BCUT2D eigenvalue weighted by Crippen LogP contribution is -2.42. The van der Waals surface area contributed by atoms with Gasteiger partial charge >= 0.3 is 5.82 Å². The first-order chi connectivity index (χ1) is 8.25. The van der Waals surface area contributed by atoms with E-state index in [1.165, 1.54) is 12.3 Å². The van der Waals surface area contributed by atoms with Gasteiger partial charge in [0.15, 0.2) is 6.20 Å². The Morgan fingerprint density at radius 2 is 2.53 bits per heavy atom. The number of hydrogen-bond acceptors (Lipinski definition) is 6. The van der Waals surface area contributed by atoms with Crippen molar-refractivity contribution in [2.45, 2.75) is 6.10 Å². The van der Waals surface area contributed by atoms with Crippen LogP contribution in [0, 0.1) is 10.1 Å². The van der Waals surface area contributed by atoms with Crippen molar-refractivity contribution in [2.24, 2.45) is 0 Å². The van der Waals surface area contributed by atoms with Gasteiger partial charge < -0.3 is 25.5 Å². The maximum absolute atomic E-state index is 10.4. The van der Waals surface area contributed by atoms with Gasteiger partial charge in [0.1, 0.15) is 0 Å². The summed E-state index contributed by atoms with van der Waals surface area (Å²) in [7, 11) is 0. The van der Waals surface area contributed by atoms with Crippen molar-refractivity contribution in [2.75, 3.05) is 31.6 Å². The van der Waals surface area contributed by atoms with Crippen LogP contribution in [0.5, 0.6) is 0 Å². The van der Waals surface area contributed by atoms with Crippen molar-refractivity contribution in [3.8, 4) is 0 Å².